The Morgan fingerprint density at radius 1 is 1.25 bits per heavy atom. The number of aryl methyl sites for hydroxylation is 1. The molecule has 0 N–H and O–H groups in total. The van der Waals surface area contributed by atoms with Gasteiger partial charge in [0.05, 0.1) is 5.39 Å². The van der Waals surface area contributed by atoms with E-state index in [1.165, 1.54) is 11.3 Å². The second kappa shape index (κ2) is 6.75. The van der Waals surface area contributed by atoms with E-state index in [4.69, 9.17) is 16.3 Å². The number of halogens is 1. The molecule has 0 aliphatic rings. The molecule has 0 bridgehead atoms. The molecule has 0 saturated carbocycles. The number of esters is 1. The highest BCUT2D eigenvalue weighted by Crippen LogP contribution is 2.36. The van der Waals surface area contributed by atoms with E-state index in [1.54, 1.807) is 0 Å². The van der Waals surface area contributed by atoms with Crippen LogP contribution in [0.3, 0.4) is 0 Å². The summed E-state index contributed by atoms with van der Waals surface area (Å²) in [7, 11) is 3.76. The summed E-state index contributed by atoms with van der Waals surface area (Å²) < 4.78 is 5.43. The summed E-state index contributed by atoms with van der Waals surface area (Å²) >= 11 is 7.27. The van der Waals surface area contributed by atoms with Crippen molar-refractivity contribution in [1.82, 2.24) is 9.97 Å². The van der Waals surface area contributed by atoms with E-state index in [0.717, 1.165) is 16.5 Å². The largest absolute Gasteiger partial charge is 0.457 e. The lowest BCUT2D eigenvalue weighted by molar-refractivity contribution is 0.0478. The normalized spacial score (nSPS) is 10.8. The van der Waals surface area contributed by atoms with E-state index in [9.17, 15) is 4.79 Å². The van der Waals surface area contributed by atoms with Crippen molar-refractivity contribution in [2.24, 2.45) is 0 Å². The van der Waals surface area contributed by atoms with Gasteiger partial charge in [-0.1, -0.05) is 30.3 Å². The van der Waals surface area contributed by atoms with Gasteiger partial charge in [-0.05, 0) is 29.7 Å². The first-order chi connectivity index (χ1) is 11.5. The van der Waals surface area contributed by atoms with E-state index in [0.29, 0.717) is 15.5 Å². The third-order valence-corrected chi connectivity index (χ3v) is 4.90. The Bertz CT molecular complexity index is 894. The van der Waals surface area contributed by atoms with Crippen molar-refractivity contribution >= 4 is 44.9 Å². The molecule has 0 spiro atoms. The van der Waals surface area contributed by atoms with Crippen LogP contribution < -0.4 is 4.90 Å². The minimum atomic E-state index is -0.361. The quantitative estimate of drug-likeness (QED) is 0.517. The van der Waals surface area contributed by atoms with Crippen LogP contribution in [-0.4, -0.2) is 30.0 Å². The number of rotatable bonds is 4. The molecule has 0 atom stereocenters. The molecule has 7 heteroatoms. The molecule has 0 unspecified atom stereocenters. The van der Waals surface area contributed by atoms with Crippen LogP contribution in [0.2, 0.25) is 5.28 Å². The number of carbonyl (C=O) groups excluding carboxylic acids is 1. The minimum absolute atomic E-state index is 0.164. The molecule has 124 valence electrons. The monoisotopic (exact) mass is 361 g/mol. The Balaban J connectivity index is 1.93. The van der Waals surface area contributed by atoms with Crippen LogP contribution >= 0.6 is 22.9 Å². The average Bonchev–Trinajstić information content (AvgIpc) is 2.89. The van der Waals surface area contributed by atoms with Crippen LogP contribution in [0, 0.1) is 6.92 Å². The molecule has 0 aliphatic carbocycles. The zero-order valence-corrected chi connectivity index (χ0v) is 15.1. The molecule has 3 rings (SSSR count). The Morgan fingerprint density at radius 3 is 2.62 bits per heavy atom. The Kier molecular flexibility index (Phi) is 4.69. The predicted molar refractivity (Wildman–Crippen MR) is 97.1 cm³/mol. The van der Waals surface area contributed by atoms with Crippen molar-refractivity contribution in [3.63, 3.8) is 0 Å². The van der Waals surface area contributed by atoms with E-state index in [-0.39, 0.29) is 17.9 Å². The number of benzene rings is 1. The van der Waals surface area contributed by atoms with Gasteiger partial charge in [0.15, 0.2) is 0 Å². The number of nitrogens with zero attached hydrogens (tertiary/aromatic N) is 3. The molecule has 0 fully saturated rings. The van der Waals surface area contributed by atoms with Crippen LogP contribution in [0.1, 0.15) is 20.8 Å². The van der Waals surface area contributed by atoms with Gasteiger partial charge in [0.25, 0.3) is 0 Å². The number of ether oxygens (including phenoxy) is 1. The zero-order valence-electron chi connectivity index (χ0n) is 13.5. The summed E-state index contributed by atoms with van der Waals surface area (Å²) in [5, 5.41) is 0.998. The Hall–Kier alpha value is -2.18. The number of carbonyl (C=O) groups is 1. The van der Waals surface area contributed by atoms with Gasteiger partial charge in [-0.15, -0.1) is 11.3 Å². The van der Waals surface area contributed by atoms with E-state index in [2.05, 4.69) is 9.97 Å². The molecular formula is C17H16ClN3O2S. The molecule has 0 saturated heterocycles. The number of anilines is 1. The Labute approximate surface area is 148 Å². The second-order valence-corrected chi connectivity index (χ2v) is 6.85. The maximum Gasteiger partial charge on any atom is 0.349 e. The van der Waals surface area contributed by atoms with Gasteiger partial charge >= 0.3 is 5.97 Å². The van der Waals surface area contributed by atoms with E-state index < -0.39 is 0 Å². The van der Waals surface area contributed by atoms with Crippen LogP contribution in [0.25, 0.3) is 10.2 Å². The van der Waals surface area contributed by atoms with Crippen molar-refractivity contribution in [3.05, 3.63) is 51.6 Å². The van der Waals surface area contributed by atoms with E-state index >= 15 is 0 Å². The van der Waals surface area contributed by atoms with Gasteiger partial charge in [0, 0.05) is 14.1 Å². The fourth-order valence-electron chi connectivity index (χ4n) is 2.40. The minimum Gasteiger partial charge on any atom is -0.457 e. The lowest BCUT2D eigenvalue weighted by Crippen LogP contribution is -2.12. The van der Waals surface area contributed by atoms with Gasteiger partial charge in [0.2, 0.25) is 5.28 Å². The molecule has 0 radical (unpaired) electrons. The standard InChI is InChI=1S/C17H16ClN3O2S/c1-10-12-14(21(2)3)19-17(18)20-15(12)24-13(10)16(22)23-9-11-7-5-4-6-8-11/h4-8H,9H2,1-3H3. The first-order valence-electron chi connectivity index (χ1n) is 7.32. The fourth-order valence-corrected chi connectivity index (χ4v) is 3.68. The number of fused-ring (bicyclic) bond motifs is 1. The topological polar surface area (TPSA) is 55.3 Å². The SMILES string of the molecule is Cc1c(C(=O)OCc2ccccc2)sc2nc(Cl)nc(N(C)C)c12. The molecule has 24 heavy (non-hydrogen) atoms. The molecule has 2 aromatic heterocycles. The highest BCUT2D eigenvalue weighted by molar-refractivity contribution is 7.20. The number of hydrogen-bond acceptors (Lipinski definition) is 6. The second-order valence-electron chi connectivity index (χ2n) is 5.51. The van der Waals surface area contributed by atoms with Crippen molar-refractivity contribution < 1.29 is 9.53 Å². The Morgan fingerprint density at radius 2 is 1.96 bits per heavy atom. The van der Waals surface area contributed by atoms with Gasteiger partial charge in [-0.25, -0.2) is 9.78 Å². The van der Waals surface area contributed by atoms with Crippen LogP contribution in [0.5, 0.6) is 0 Å². The maximum absolute atomic E-state index is 12.5. The summed E-state index contributed by atoms with van der Waals surface area (Å²) in [6.07, 6.45) is 0. The third kappa shape index (κ3) is 3.20. The first-order valence-corrected chi connectivity index (χ1v) is 8.52. The smallest absolute Gasteiger partial charge is 0.349 e. The fraction of sp³-hybridized carbons (Fsp3) is 0.235. The van der Waals surface area contributed by atoms with Crippen LogP contribution in [0.15, 0.2) is 30.3 Å². The summed E-state index contributed by atoms with van der Waals surface area (Å²) in [6.45, 7) is 2.11. The lowest BCUT2D eigenvalue weighted by Gasteiger charge is -2.12. The highest BCUT2D eigenvalue weighted by Gasteiger charge is 2.22. The molecule has 2 heterocycles. The number of aromatic nitrogens is 2. The van der Waals surface area contributed by atoms with Crippen LogP contribution in [0.4, 0.5) is 5.82 Å². The van der Waals surface area contributed by atoms with Gasteiger partial charge < -0.3 is 9.64 Å². The summed E-state index contributed by atoms with van der Waals surface area (Å²) in [4.78, 5) is 24.0. The molecule has 1 aromatic carbocycles. The first kappa shape index (κ1) is 16.7. The maximum atomic E-state index is 12.5. The zero-order chi connectivity index (χ0) is 17.3. The number of thiophene rings is 1. The summed E-state index contributed by atoms with van der Waals surface area (Å²) in [6, 6.07) is 9.58. The average molecular weight is 362 g/mol. The van der Waals surface area contributed by atoms with Crippen molar-refractivity contribution in [1.29, 1.82) is 0 Å². The van der Waals surface area contributed by atoms with Gasteiger partial charge in [-0.3, -0.25) is 0 Å². The predicted octanol–water partition coefficient (Wildman–Crippen LogP) is 4.08. The molecular weight excluding hydrogens is 346 g/mol. The highest BCUT2D eigenvalue weighted by atomic mass is 35.5. The van der Waals surface area contributed by atoms with Gasteiger partial charge in [0.1, 0.15) is 22.1 Å². The number of hydrogen-bond donors (Lipinski definition) is 0. The molecule has 5 nitrogen and oxygen atoms in total. The molecule has 0 amide bonds. The van der Waals surface area contributed by atoms with Crippen molar-refractivity contribution in [2.75, 3.05) is 19.0 Å². The van der Waals surface area contributed by atoms with Crippen LogP contribution in [-0.2, 0) is 11.3 Å². The van der Waals surface area contributed by atoms with Crippen molar-refractivity contribution in [3.8, 4) is 0 Å². The molecule has 3 aromatic rings. The summed E-state index contributed by atoms with van der Waals surface area (Å²) in [5.74, 6) is 0.334. The molecule has 0 aliphatic heterocycles. The van der Waals surface area contributed by atoms with E-state index in [1.807, 2.05) is 56.3 Å². The lowest BCUT2D eigenvalue weighted by atomic mass is 10.2. The third-order valence-electron chi connectivity index (χ3n) is 3.57. The van der Waals surface area contributed by atoms with Gasteiger partial charge in [-0.2, -0.15) is 4.98 Å². The van der Waals surface area contributed by atoms with Crippen molar-refractivity contribution in [2.45, 2.75) is 13.5 Å². The summed E-state index contributed by atoms with van der Waals surface area (Å²) in [5.41, 5.74) is 1.76.